The molecule has 0 saturated heterocycles. The van der Waals surface area contributed by atoms with Gasteiger partial charge in [0, 0.05) is 23.0 Å². The maximum atomic E-state index is 11.4. The molecule has 0 aliphatic heterocycles. The lowest BCUT2D eigenvalue weighted by molar-refractivity contribution is 0.0941. The zero-order chi connectivity index (χ0) is 10.3. The van der Waals surface area contributed by atoms with Crippen molar-refractivity contribution in [2.45, 2.75) is 13.8 Å². The Morgan fingerprint density at radius 2 is 2.14 bits per heavy atom. The van der Waals surface area contributed by atoms with Gasteiger partial charge in [0.05, 0.1) is 5.52 Å². The summed E-state index contributed by atoms with van der Waals surface area (Å²) in [6.07, 6.45) is 1.82. The molecule has 1 aromatic heterocycles. The third kappa shape index (κ3) is 1.28. The molecule has 0 unspecified atom stereocenters. The van der Waals surface area contributed by atoms with E-state index in [1.165, 1.54) is 0 Å². The van der Waals surface area contributed by atoms with Gasteiger partial charge >= 0.3 is 0 Å². The van der Waals surface area contributed by atoms with Crippen molar-refractivity contribution < 1.29 is 4.79 Å². The molecule has 2 rings (SSSR count). The second-order valence-corrected chi connectivity index (χ2v) is 4.19. The molecule has 72 valence electrons. The van der Waals surface area contributed by atoms with E-state index < -0.39 is 0 Å². The van der Waals surface area contributed by atoms with Gasteiger partial charge in [-0.1, -0.05) is 18.2 Å². The highest BCUT2D eigenvalue weighted by molar-refractivity contribution is 9.10. The van der Waals surface area contributed by atoms with E-state index in [0.29, 0.717) is 0 Å². The van der Waals surface area contributed by atoms with Crippen LogP contribution >= 0.6 is 15.9 Å². The fourth-order valence-electron chi connectivity index (χ4n) is 1.67. The standard InChI is InChI=1S/C11H10BrNO/c1-7-4-3-5-9-10(12)6-13(8(2)14)11(7)9/h3-6H,1-2H3. The van der Waals surface area contributed by atoms with E-state index in [-0.39, 0.29) is 5.91 Å². The van der Waals surface area contributed by atoms with E-state index in [1.54, 1.807) is 11.5 Å². The van der Waals surface area contributed by atoms with Gasteiger partial charge in [-0.3, -0.25) is 9.36 Å². The summed E-state index contributed by atoms with van der Waals surface area (Å²) < 4.78 is 2.64. The average molecular weight is 252 g/mol. The normalized spacial score (nSPS) is 10.8. The van der Waals surface area contributed by atoms with E-state index in [2.05, 4.69) is 15.9 Å². The van der Waals surface area contributed by atoms with Crippen LogP contribution in [0.4, 0.5) is 0 Å². The fourth-order valence-corrected chi connectivity index (χ4v) is 2.19. The maximum Gasteiger partial charge on any atom is 0.227 e. The first kappa shape index (κ1) is 9.46. The van der Waals surface area contributed by atoms with Crippen LogP contribution in [0.15, 0.2) is 28.9 Å². The number of hydrogen-bond acceptors (Lipinski definition) is 1. The Morgan fingerprint density at radius 1 is 1.43 bits per heavy atom. The fraction of sp³-hybridized carbons (Fsp3) is 0.182. The van der Waals surface area contributed by atoms with Crippen LogP contribution in [0.2, 0.25) is 0 Å². The zero-order valence-electron chi connectivity index (χ0n) is 8.04. The predicted octanol–water partition coefficient (Wildman–Crippen LogP) is 3.37. The predicted molar refractivity (Wildman–Crippen MR) is 60.7 cm³/mol. The van der Waals surface area contributed by atoms with Crippen LogP contribution in [0, 0.1) is 6.92 Å². The quantitative estimate of drug-likeness (QED) is 0.704. The third-order valence-corrected chi connectivity index (χ3v) is 2.95. The lowest BCUT2D eigenvalue weighted by atomic mass is 10.2. The summed E-state index contributed by atoms with van der Waals surface area (Å²) in [7, 11) is 0. The van der Waals surface area contributed by atoms with Crippen molar-refractivity contribution >= 4 is 32.7 Å². The van der Waals surface area contributed by atoms with Gasteiger partial charge in [-0.15, -0.1) is 0 Å². The van der Waals surface area contributed by atoms with Crippen molar-refractivity contribution in [3.05, 3.63) is 34.4 Å². The van der Waals surface area contributed by atoms with Crippen molar-refractivity contribution in [1.29, 1.82) is 0 Å². The zero-order valence-corrected chi connectivity index (χ0v) is 9.63. The number of fused-ring (bicyclic) bond motifs is 1. The smallest absolute Gasteiger partial charge is 0.227 e. The van der Waals surface area contributed by atoms with Crippen LogP contribution < -0.4 is 0 Å². The number of hydrogen-bond donors (Lipinski definition) is 0. The molecular weight excluding hydrogens is 242 g/mol. The summed E-state index contributed by atoms with van der Waals surface area (Å²) in [4.78, 5) is 11.4. The highest BCUT2D eigenvalue weighted by Crippen LogP contribution is 2.28. The number of nitrogens with zero attached hydrogens (tertiary/aromatic N) is 1. The van der Waals surface area contributed by atoms with Crippen LogP contribution in [0.1, 0.15) is 17.3 Å². The monoisotopic (exact) mass is 251 g/mol. The third-order valence-electron chi connectivity index (χ3n) is 2.32. The summed E-state index contributed by atoms with van der Waals surface area (Å²) in [5, 5.41) is 1.08. The lowest BCUT2D eigenvalue weighted by Crippen LogP contribution is -2.03. The SMILES string of the molecule is CC(=O)n1cc(Br)c2cccc(C)c21. The minimum Gasteiger partial charge on any atom is -0.286 e. The number of benzene rings is 1. The molecule has 1 aromatic carbocycles. The molecule has 0 spiro atoms. The molecule has 0 amide bonds. The largest absolute Gasteiger partial charge is 0.286 e. The summed E-state index contributed by atoms with van der Waals surface area (Å²) in [5.74, 6) is 0.0370. The van der Waals surface area contributed by atoms with Crippen LogP contribution in [0.25, 0.3) is 10.9 Å². The number of aromatic nitrogens is 1. The van der Waals surface area contributed by atoms with Gasteiger partial charge in [-0.05, 0) is 28.4 Å². The van der Waals surface area contributed by atoms with Crippen molar-refractivity contribution in [3.8, 4) is 0 Å². The molecule has 2 aromatic rings. The highest BCUT2D eigenvalue weighted by Gasteiger charge is 2.10. The molecule has 0 N–H and O–H groups in total. The van der Waals surface area contributed by atoms with Gasteiger partial charge in [0.1, 0.15) is 0 Å². The summed E-state index contributed by atoms with van der Waals surface area (Å²) in [6.45, 7) is 3.58. The molecule has 1 heterocycles. The van der Waals surface area contributed by atoms with Gasteiger partial charge in [-0.25, -0.2) is 0 Å². The second kappa shape index (κ2) is 3.24. The highest BCUT2D eigenvalue weighted by atomic mass is 79.9. The van der Waals surface area contributed by atoms with E-state index in [4.69, 9.17) is 0 Å². The van der Waals surface area contributed by atoms with E-state index in [9.17, 15) is 4.79 Å². The van der Waals surface area contributed by atoms with Gasteiger partial charge < -0.3 is 0 Å². The minimum absolute atomic E-state index is 0.0370. The molecule has 0 bridgehead atoms. The van der Waals surface area contributed by atoms with Gasteiger partial charge in [0.15, 0.2) is 0 Å². The summed E-state index contributed by atoms with van der Waals surface area (Å²) >= 11 is 3.45. The molecule has 0 fully saturated rings. The number of carbonyl (C=O) groups excluding carboxylic acids is 1. The molecule has 14 heavy (non-hydrogen) atoms. The van der Waals surface area contributed by atoms with Crippen LogP contribution in [0.3, 0.4) is 0 Å². The molecule has 2 nitrogen and oxygen atoms in total. The minimum atomic E-state index is 0.0370. The Balaban J connectivity index is 2.93. The first-order valence-corrected chi connectivity index (χ1v) is 5.17. The van der Waals surface area contributed by atoms with Crippen molar-refractivity contribution in [2.75, 3.05) is 0 Å². The molecule has 0 saturated carbocycles. The number of rotatable bonds is 0. The average Bonchev–Trinajstić information content (AvgIpc) is 2.46. The van der Waals surface area contributed by atoms with E-state index in [1.807, 2.05) is 31.3 Å². The second-order valence-electron chi connectivity index (χ2n) is 3.34. The van der Waals surface area contributed by atoms with Crippen molar-refractivity contribution in [1.82, 2.24) is 4.57 Å². The Hall–Kier alpha value is -1.09. The van der Waals surface area contributed by atoms with Crippen LogP contribution in [-0.4, -0.2) is 10.5 Å². The Labute approximate surface area is 90.7 Å². The van der Waals surface area contributed by atoms with Crippen LogP contribution in [-0.2, 0) is 0 Å². The molecule has 0 aliphatic carbocycles. The van der Waals surface area contributed by atoms with Crippen molar-refractivity contribution in [3.63, 3.8) is 0 Å². The van der Waals surface area contributed by atoms with Crippen LogP contribution in [0.5, 0.6) is 0 Å². The van der Waals surface area contributed by atoms with E-state index >= 15 is 0 Å². The Kier molecular flexibility index (Phi) is 2.19. The molecule has 0 aliphatic rings. The number of para-hydroxylation sites is 1. The van der Waals surface area contributed by atoms with Crippen molar-refractivity contribution in [2.24, 2.45) is 0 Å². The Bertz CT molecular complexity index is 513. The van der Waals surface area contributed by atoms with Gasteiger partial charge in [0.2, 0.25) is 5.91 Å². The Morgan fingerprint density at radius 3 is 2.79 bits per heavy atom. The molecular formula is C11H10BrNO. The van der Waals surface area contributed by atoms with Gasteiger partial charge in [0.25, 0.3) is 0 Å². The number of halogens is 1. The summed E-state index contributed by atoms with van der Waals surface area (Å²) in [5.41, 5.74) is 2.11. The number of carbonyl (C=O) groups is 1. The lowest BCUT2D eigenvalue weighted by Gasteiger charge is -2.01. The number of aryl methyl sites for hydroxylation is 1. The molecule has 0 radical (unpaired) electrons. The molecule has 0 atom stereocenters. The van der Waals surface area contributed by atoms with E-state index in [0.717, 1.165) is 20.9 Å². The molecule has 3 heteroatoms. The summed E-state index contributed by atoms with van der Waals surface area (Å²) in [6, 6.07) is 6.01. The maximum absolute atomic E-state index is 11.4. The first-order chi connectivity index (χ1) is 6.61. The van der Waals surface area contributed by atoms with Gasteiger partial charge in [-0.2, -0.15) is 0 Å². The first-order valence-electron chi connectivity index (χ1n) is 4.38. The topological polar surface area (TPSA) is 22.0 Å².